The van der Waals surface area contributed by atoms with Gasteiger partial charge >= 0.3 is 0 Å². The number of rotatable bonds is 5. The van der Waals surface area contributed by atoms with Gasteiger partial charge in [0.05, 0.1) is 11.4 Å². The van der Waals surface area contributed by atoms with Gasteiger partial charge in [0.25, 0.3) is 0 Å². The summed E-state index contributed by atoms with van der Waals surface area (Å²) in [7, 11) is 0. The largest absolute Gasteiger partial charge is 0.489 e. The molecular weight excluding hydrogens is 340 g/mol. The van der Waals surface area contributed by atoms with Crippen molar-refractivity contribution >= 4 is 23.2 Å². The SMILES string of the molecule is CC(C)CN1C(=O)C(C)(C)C(=O)Nc2ccc(OCc3ccccc3)cc21. The van der Waals surface area contributed by atoms with E-state index in [0.717, 1.165) is 5.56 Å². The summed E-state index contributed by atoms with van der Waals surface area (Å²) in [5.41, 5.74) is 1.25. The number of carbonyl (C=O) groups excluding carboxylic acids is 2. The molecule has 5 heteroatoms. The highest BCUT2D eigenvalue weighted by Gasteiger charge is 2.43. The fourth-order valence-corrected chi connectivity index (χ4v) is 3.04. The molecule has 1 aliphatic heterocycles. The van der Waals surface area contributed by atoms with Gasteiger partial charge in [-0.25, -0.2) is 0 Å². The molecule has 1 aliphatic rings. The zero-order chi connectivity index (χ0) is 19.6. The van der Waals surface area contributed by atoms with Gasteiger partial charge in [-0.15, -0.1) is 0 Å². The minimum absolute atomic E-state index is 0.201. The number of amides is 2. The Kier molecular flexibility index (Phi) is 5.22. The highest BCUT2D eigenvalue weighted by molar-refractivity contribution is 6.19. The van der Waals surface area contributed by atoms with E-state index in [0.29, 0.717) is 30.3 Å². The maximum Gasteiger partial charge on any atom is 0.242 e. The summed E-state index contributed by atoms with van der Waals surface area (Å²) in [6.07, 6.45) is 0. The van der Waals surface area contributed by atoms with Crippen molar-refractivity contribution < 1.29 is 14.3 Å². The summed E-state index contributed by atoms with van der Waals surface area (Å²) in [5, 5.41) is 2.89. The molecule has 2 aromatic carbocycles. The molecule has 3 rings (SSSR count). The summed E-state index contributed by atoms with van der Waals surface area (Å²) in [4.78, 5) is 27.3. The van der Waals surface area contributed by atoms with Crippen LogP contribution in [-0.4, -0.2) is 18.4 Å². The molecule has 0 bridgehead atoms. The molecule has 27 heavy (non-hydrogen) atoms. The number of hydrogen-bond donors (Lipinski definition) is 1. The lowest BCUT2D eigenvalue weighted by Crippen LogP contribution is -2.46. The van der Waals surface area contributed by atoms with Crippen LogP contribution in [0.1, 0.15) is 33.3 Å². The van der Waals surface area contributed by atoms with E-state index < -0.39 is 5.41 Å². The second-order valence-corrected chi connectivity index (χ2v) is 7.84. The van der Waals surface area contributed by atoms with Crippen LogP contribution in [0.2, 0.25) is 0 Å². The highest BCUT2D eigenvalue weighted by atomic mass is 16.5. The third-order valence-electron chi connectivity index (χ3n) is 4.65. The van der Waals surface area contributed by atoms with Crippen LogP contribution in [0.5, 0.6) is 5.75 Å². The van der Waals surface area contributed by atoms with Crippen molar-refractivity contribution in [3.63, 3.8) is 0 Å². The standard InChI is InChI=1S/C22H26N2O3/c1-15(2)13-24-19-12-17(27-14-16-8-6-5-7-9-16)10-11-18(19)23-20(25)22(3,4)21(24)26/h5-12,15H,13-14H2,1-4H3,(H,23,25). The van der Waals surface area contributed by atoms with Crippen LogP contribution < -0.4 is 15.0 Å². The van der Waals surface area contributed by atoms with Gasteiger partial charge in [-0.2, -0.15) is 0 Å². The number of carbonyl (C=O) groups is 2. The molecule has 0 fully saturated rings. The predicted molar refractivity (Wildman–Crippen MR) is 107 cm³/mol. The number of fused-ring (bicyclic) bond motifs is 1. The van der Waals surface area contributed by atoms with Gasteiger partial charge in [-0.3, -0.25) is 9.59 Å². The number of nitrogens with zero attached hydrogens (tertiary/aromatic N) is 1. The Morgan fingerprint density at radius 3 is 2.44 bits per heavy atom. The zero-order valence-electron chi connectivity index (χ0n) is 16.3. The molecule has 1 heterocycles. The number of ether oxygens (including phenoxy) is 1. The van der Waals surface area contributed by atoms with Crippen molar-refractivity contribution in [1.82, 2.24) is 0 Å². The van der Waals surface area contributed by atoms with Gasteiger partial charge in [0.2, 0.25) is 11.8 Å². The molecule has 0 spiro atoms. The van der Waals surface area contributed by atoms with Crippen LogP contribution in [0.15, 0.2) is 48.5 Å². The Labute approximate surface area is 160 Å². The number of benzene rings is 2. The van der Waals surface area contributed by atoms with E-state index in [1.54, 1.807) is 24.8 Å². The van der Waals surface area contributed by atoms with E-state index in [-0.39, 0.29) is 17.7 Å². The Hall–Kier alpha value is -2.82. The summed E-state index contributed by atoms with van der Waals surface area (Å²) >= 11 is 0. The quantitative estimate of drug-likeness (QED) is 0.806. The molecule has 0 aliphatic carbocycles. The Morgan fingerprint density at radius 2 is 1.78 bits per heavy atom. The maximum atomic E-state index is 13.1. The van der Waals surface area contributed by atoms with Gasteiger partial charge in [0, 0.05) is 12.6 Å². The second-order valence-electron chi connectivity index (χ2n) is 7.84. The van der Waals surface area contributed by atoms with E-state index >= 15 is 0 Å². The molecule has 0 saturated heterocycles. The van der Waals surface area contributed by atoms with Crippen LogP contribution in [0.4, 0.5) is 11.4 Å². The number of nitrogens with one attached hydrogen (secondary N) is 1. The molecule has 142 valence electrons. The van der Waals surface area contributed by atoms with Crippen LogP contribution in [-0.2, 0) is 16.2 Å². The van der Waals surface area contributed by atoms with Gasteiger partial charge < -0.3 is 15.0 Å². The van der Waals surface area contributed by atoms with Crippen LogP contribution in [0.3, 0.4) is 0 Å². The average Bonchev–Trinajstić information content (AvgIpc) is 2.70. The van der Waals surface area contributed by atoms with E-state index in [2.05, 4.69) is 19.2 Å². The first-order valence-corrected chi connectivity index (χ1v) is 9.23. The average molecular weight is 366 g/mol. The van der Waals surface area contributed by atoms with Crippen LogP contribution in [0.25, 0.3) is 0 Å². The van der Waals surface area contributed by atoms with Crippen molar-refractivity contribution in [3.05, 3.63) is 54.1 Å². The van der Waals surface area contributed by atoms with Gasteiger partial charge in [0.1, 0.15) is 17.8 Å². The lowest BCUT2D eigenvalue weighted by molar-refractivity contribution is -0.136. The van der Waals surface area contributed by atoms with Crippen molar-refractivity contribution in [2.24, 2.45) is 11.3 Å². The van der Waals surface area contributed by atoms with Crippen molar-refractivity contribution in [2.75, 3.05) is 16.8 Å². The molecule has 0 saturated carbocycles. The molecule has 2 aromatic rings. The molecule has 2 amide bonds. The molecule has 1 N–H and O–H groups in total. The van der Waals surface area contributed by atoms with E-state index in [4.69, 9.17) is 4.74 Å². The molecule has 0 unspecified atom stereocenters. The fraction of sp³-hybridized carbons (Fsp3) is 0.364. The Balaban J connectivity index is 1.94. The zero-order valence-corrected chi connectivity index (χ0v) is 16.3. The van der Waals surface area contributed by atoms with Crippen LogP contribution in [0, 0.1) is 11.3 Å². The third kappa shape index (κ3) is 3.97. The summed E-state index contributed by atoms with van der Waals surface area (Å²) < 4.78 is 5.92. The maximum absolute atomic E-state index is 13.1. The Morgan fingerprint density at radius 1 is 1.07 bits per heavy atom. The first-order chi connectivity index (χ1) is 12.8. The lowest BCUT2D eigenvalue weighted by atomic mass is 9.90. The summed E-state index contributed by atoms with van der Waals surface area (Å²) in [6.45, 7) is 8.40. The first-order valence-electron chi connectivity index (χ1n) is 9.23. The molecule has 5 nitrogen and oxygen atoms in total. The minimum Gasteiger partial charge on any atom is -0.489 e. The van der Waals surface area contributed by atoms with Gasteiger partial charge in [0.15, 0.2) is 0 Å². The third-order valence-corrected chi connectivity index (χ3v) is 4.65. The summed E-state index contributed by atoms with van der Waals surface area (Å²) in [5.74, 6) is 0.429. The minimum atomic E-state index is -1.13. The topological polar surface area (TPSA) is 58.6 Å². The normalized spacial score (nSPS) is 16.0. The van der Waals surface area contributed by atoms with E-state index in [9.17, 15) is 9.59 Å². The monoisotopic (exact) mass is 366 g/mol. The second kappa shape index (κ2) is 7.43. The predicted octanol–water partition coefficient (Wildman–Crippen LogP) is 4.23. The molecule has 0 radical (unpaired) electrons. The molecular formula is C22H26N2O3. The number of hydrogen-bond acceptors (Lipinski definition) is 3. The highest BCUT2D eigenvalue weighted by Crippen LogP contribution is 2.38. The lowest BCUT2D eigenvalue weighted by Gasteiger charge is -2.29. The van der Waals surface area contributed by atoms with Crippen LogP contribution >= 0.6 is 0 Å². The first kappa shape index (κ1) is 19.0. The number of anilines is 2. The fourth-order valence-electron chi connectivity index (χ4n) is 3.04. The smallest absolute Gasteiger partial charge is 0.242 e. The van der Waals surface area contributed by atoms with Gasteiger partial charge in [-0.1, -0.05) is 44.2 Å². The van der Waals surface area contributed by atoms with Crippen molar-refractivity contribution in [1.29, 1.82) is 0 Å². The van der Waals surface area contributed by atoms with E-state index in [1.807, 2.05) is 42.5 Å². The Bertz CT molecular complexity index is 844. The van der Waals surface area contributed by atoms with Gasteiger partial charge in [-0.05, 0) is 37.5 Å². The molecule has 0 aromatic heterocycles. The summed E-state index contributed by atoms with van der Waals surface area (Å²) in [6, 6.07) is 15.4. The van der Waals surface area contributed by atoms with Crippen molar-refractivity contribution in [2.45, 2.75) is 34.3 Å². The van der Waals surface area contributed by atoms with Crippen molar-refractivity contribution in [3.8, 4) is 5.75 Å². The molecule has 0 atom stereocenters. The van der Waals surface area contributed by atoms with E-state index in [1.165, 1.54) is 0 Å².